The van der Waals surface area contributed by atoms with Crippen LogP contribution in [0.2, 0.25) is 0 Å². The Labute approximate surface area is 123 Å². The molecule has 1 aromatic carbocycles. The van der Waals surface area contributed by atoms with E-state index in [4.69, 9.17) is 4.74 Å². The van der Waals surface area contributed by atoms with Crippen molar-refractivity contribution in [1.82, 2.24) is 5.32 Å². The number of rotatable bonds is 9. The molecule has 0 aliphatic carbocycles. The Hall–Kier alpha value is -2.37. The van der Waals surface area contributed by atoms with Gasteiger partial charge in [-0.25, -0.2) is 0 Å². The number of amides is 1. The minimum Gasteiger partial charge on any atom is -0.507 e. The molecule has 114 valence electrons. The van der Waals surface area contributed by atoms with Gasteiger partial charge in [0.1, 0.15) is 12.0 Å². The molecule has 0 aliphatic heterocycles. The lowest BCUT2D eigenvalue weighted by Gasteiger charge is -2.07. The van der Waals surface area contributed by atoms with Gasteiger partial charge in [-0.1, -0.05) is 12.1 Å². The average Bonchev–Trinajstić information content (AvgIpc) is 2.47. The molecule has 1 amide bonds. The number of benzene rings is 1. The lowest BCUT2D eigenvalue weighted by molar-refractivity contribution is -0.143. The summed E-state index contributed by atoms with van der Waals surface area (Å²) in [6, 6.07) is 6.26. The van der Waals surface area contributed by atoms with Gasteiger partial charge >= 0.3 is 5.97 Å². The summed E-state index contributed by atoms with van der Waals surface area (Å²) in [7, 11) is 0. The van der Waals surface area contributed by atoms with Gasteiger partial charge in [0.05, 0.1) is 12.2 Å². The van der Waals surface area contributed by atoms with Crippen LogP contribution in [0.1, 0.15) is 36.0 Å². The Bertz CT molecular complexity index is 487. The van der Waals surface area contributed by atoms with Crippen molar-refractivity contribution in [2.45, 2.75) is 25.7 Å². The van der Waals surface area contributed by atoms with E-state index in [1.807, 2.05) is 0 Å². The molecular weight excluding hydrogens is 274 g/mol. The Balaban J connectivity index is 2.14. The SMILES string of the molecule is O=CCCCC(=O)OCCCNC(=O)c1ccccc1O. The fourth-order valence-electron chi connectivity index (χ4n) is 1.62. The number of phenols is 1. The highest BCUT2D eigenvalue weighted by Crippen LogP contribution is 2.14. The quantitative estimate of drug-likeness (QED) is 0.408. The Morgan fingerprint density at radius 2 is 2.00 bits per heavy atom. The zero-order valence-corrected chi connectivity index (χ0v) is 11.7. The second-order valence-electron chi connectivity index (χ2n) is 4.41. The zero-order valence-electron chi connectivity index (χ0n) is 11.7. The van der Waals surface area contributed by atoms with Crippen molar-refractivity contribution in [2.24, 2.45) is 0 Å². The maximum Gasteiger partial charge on any atom is 0.305 e. The lowest BCUT2D eigenvalue weighted by atomic mass is 10.2. The van der Waals surface area contributed by atoms with Crippen LogP contribution in [0.3, 0.4) is 0 Å². The summed E-state index contributed by atoms with van der Waals surface area (Å²) in [6.07, 6.45) is 2.32. The third kappa shape index (κ3) is 6.56. The van der Waals surface area contributed by atoms with Crippen LogP contribution in [0.25, 0.3) is 0 Å². The lowest BCUT2D eigenvalue weighted by Crippen LogP contribution is -2.25. The molecule has 0 aromatic heterocycles. The van der Waals surface area contributed by atoms with Crippen LogP contribution in [0.4, 0.5) is 0 Å². The first-order chi connectivity index (χ1) is 10.1. The van der Waals surface area contributed by atoms with Crippen molar-refractivity contribution in [2.75, 3.05) is 13.2 Å². The third-order valence-corrected chi connectivity index (χ3v) is 2.72. The van der Waals surface area contributed by atoms with Gasteiger partial charge in [0.25, 0.3) is 5.91 Å². The molecule has 0 heterocycles. The van der Waals surface area contributed by atoms with E-state index >= 15 is 0 Å². The molecule has 0 radical (unpaired) electrons. The predicted octanol–water partition coefficient (Wildman–Crippen LogP) is 1.42. The van der Waals surface area contributed by atoms with Crippen molar-refractivity contribution in [1.29, 1.82) is 0 Å². The normalized spacial score (nSPS) is 9.90. The number of unbranched alkanes of at least 4 members (excludes halogenated alkanes) is 1. The molecule has 0 atom stereocenters. The number of ether oxygens (including phenoxy) is 1. The molecule has 0 saturated carbocycles. The Morgan fingerprint density at radius 1 is 1.24 bits per heavy atom. The van der Waals surface area contributed by atoms with Gasteiger partial charge in [-0.15, -0.1) is 0 Å². The summed E-state index contributed by atoms with van der Waals surface area (Å²) >= 11 is 0. The maximum atomic E-state index is 11.7. The summed E-state index contributed by atoms with van der Waals surface area (Å²) in [5.74, 6) is -0.786. The summed E-state index contributed by atoms with van der Waals surface area (Å²) in [6.45, 7) is 0.551. The number of hydrogen-bond acceptors (Lipinski definition) is 5. The second kappa shape index (κ2) is 9.52. The van der Waals surface area contributed by atoms with Crippen LogP contribution in [-0.2, 0) is 14.3 Å². The zero-order chi connectivity index (χ0) is 15.5. The molecule has 0 aliphatic rings. The summed E-state index contributed by atoms with van der Waals surface area (Å²) in [5.41, 5.74) is 0.211. The predicted molar refractivity (Wildman–Crippen MR) is 75.9 cm³/mol. The highest BCUT2D eigenvalue weighted by molar-refractivity contribution is 5.96. The van der Waals surface area contributed by atoms with Crippen molar-refractivity contribution < 1.29 is 24.2 Å². The van der Waals surface area contributed by atoms with Crippen LogP contribution in [0.15, 0.2) is 24.3 Å². The van der Waals surface area contributed by atoms with Crippen molar-refractivity contribution >= 4 is 18.2 Å². The van der Waals surface area contributed by atoms with Crippen molar-refractivity contribution in [3.63, 3.8) is 0 Å². The number of aldehydes is 1. The van der Waals surface area contributed by atoms with Gasteiger partial charge in [-0.3, -0.25) is 9.59 Å². The third-order valence-electron chi connectivity index (χ3n) is 2.72. The standard InChI is InChI=1S/C15H19NO5/c17-10-4-3-8-14(19)21-11-5-9-16-15(20)12-6-1-2-7-13(12)18/h1-2,6-7,10,18H,3-5,8-9,11H2,(H,16,20). The maximum absolute atomic E-state index is 11.7. The molecular formula is C15H19NO5. The van der Waals surface area contributed by atoms with E-state index in [0.717, 1.165) is 6.29 Å². The molecule has 2 N–H and O–H groups in total. The van der Waals surface area contributed by atoms with Gasteiger partial charge in [-0.05, 0) is 25.0 Å². The number of phenolic OH excluding ortho intramolecular Hbond substituents is 1. The molecule has 0 fully saturated rings. The second-order valence-corrected chi connectivity index (χ2v) is 4.41. The van der Waals surface area contributed by atoms with Gasteiger partial charge in [-0.2, -0.15) is 0 Å². The van der Waals surface area contributed by atoms with E-state index < -0.39 is 0 Å². The molecule has 6 nitrogen and oxygen atoms in total. The first kappa shape index (κ1) is 16.7. The van der Waals surface area contributed by atoms with E-state index in [9.17, 15) is 19.5 Å². The van der Waals surface area contributed by atoms with Crippen LogP contribution >= 0.6 is 0 Å². The van der Waals surface area contributed by atoms with E-state index in [1.165, 1.54) is 12.1 Å². The molecule has 0 saturated heterocycles. The number of carbonyl (C=O) groups excluding carboxylic acids is 3. The number of hydrogen-bond donors (Lipinski definition) is 2. The molecule has 6 heteroatoms. The summed E-state index contributed by atoms with van der Waals surface area (Å²) in [5, 5.41) is 12.1. The van der Waals surface area contributed by atoms with Crippen LogP contribution in [0.5, 0.6) is 5.75 Å². The van der Waals surface area contributed by atoms with Gasteiger partial charge < -0.3 is 20.0 Å². The number of carbonyl (C=O) groups is 3. The van der Waals surface area contributed by atoms with Gasteiger partial charge in [0.15, 0.2) is 0 Å². The molecule has 0 bridgehead atoms. The van der Waals surface area contributed by atoms with E-state index in [2.05, 4.69) is 5.32 Å². The van der Waals surface area contributed by atoms with Crippen LogP contribution in [-0.4, -0.2) is 36.4 Å². The van der Waals surface area contributed by atoms with Crippen molar-refractivity contribution in [3.05, 3.63) is 29.8 Å². The average molecular weight is 293 g/mol. The molecule has 21 heavy (non-hydrogen) atoms. The van der Waals surface area contributed by atoms with Gasteiger partial charge in [0.2, 0.25) is 0 Å². The molecule has 1 rings (SSSR count). The first-order valence-corrected chi connectivity index (χ1v) is 6.80. The highest BCUT2D eigenvalue weighted by atomic mass is 16.5. The molecule has 0 unspecified atom stereocenters. The topological polar surface area (TPSA) is 92.7 Å². The van der Waals surface area contributed by atoms with E-state index in [1.54, 1.807) is 12.1 Å². The minimum absolute atomic E-state index is 0.0726. The van der Waals surface area contributed by atoms with Crippen LogP contribution < -0.4 is 5.32 Å². The Morgan fingerprint density at radius 3 is 2.71 bits per heavy atom. The van der Waals surface area contributed by atoms with E-state index in [-0.39, 0.29) is 36.2 Å². The number of esters is 1. The van der Waals surface area contributed by atoms with Crippen molar-refractivity contribution in [3.8, 4) is 5.75 Å². The number of nitrogens with one attached hydrogen (secondary N) is 1. The summed E-state index contributed by atoms with van der Waals surface area (Å²) < 4.78 is 4.94. The number of para-hydroxylation sites is 1. The Kier molecular flexibility index (Phi) is 7.56. The summed E-state index contributed by atoms with van der Waals surface area (Å²) in [4.78, 5) is 33.0. The first-order valence-electron chi connectivity index (χ1n) is 6.80. The van der Waals surface area contributed by atoms with E-state index in [0.29, 0.717) is 25.8 Å². The molecule has 1 aromatic rings. The van der Waals surface area contributed by atoms with Gasteiger partial charge in [0, 0.05) is 19.4 Å². The molecule has 0 spiro atoms. The highest BCUT2D eigenvalue weighted by Gasteiger charge is 2.09. The minimum atomic E-state index is -0.370. The monoisotopic (exact) mass is 293 g/mol. The fourth-order valence-corrected chi connectivity index (χ4v) is 1.62. The smallest absolute Gasteiger partial charge is 0.305 e. The van der Waals surface area contributed by atoms with Crippen LogP contribution in [0, 0.1) is 0 Å². The number of aromatic hydroxyl groups is 1. The fraction of sp³-hybridized carbons (Fsp3) is 0.400. The largest absolute Gasteiger partial charge is 0.507 e.